The molecule has 0 aliphatic rings. The van der Waals surface area contributed by atoms with Gasteiger partial charge in [0.25, 0.3) is 0 Å². The second-order valence-corrected chi connectivity index (χ2v) is 4.35. The molecule has 2 heterocycles. The third-order valence-corrected chi connectivity index (χ3v) is 2.97. The van der Waals surface area contributed by atoms with Crippen LogP contribution in [0, 0.1) is 0 Å². The summed E-state index contributed by atoms with van der Waals surface area (Å²) in [6.45, 7) is 1.52. The van der Waals surface area contributed by atoms with E-state index < -0.39 is 0 Å². The Balaban J connectivity index is 1.73. The lowest BCUT2D eigenvalue weighted by Gasteiger charge is -2.11. The number of benzene rings is 1. The Morgan fingerprint density at radius 3 is 2.89 bits per heavy atom. The van der Waals surface area contributed by atoms with Gasteiger partial charge in [0.05, 0.1) is 19.1 Å². The topological polar surface area (TPSA) is 43.0 Å². The molecule has 0 radical (unpaired) electrons. The van der Waals surface area contributed by atoms with Crippen LogP contribution in [-0.2, 0) is 13.1 Å². The summed E-state index contributed by atoms with van der Waals surface area (Å²) >= 11 is 0. The lowest BCUT2D eigenvalue weighted by atomic mass is 10.1. The van der Waals surface area contributed by atoms with Gasteiger partial charge in [-0.25, -0.2) is 0 Å². The van der Waals surface area contributed by atoms with Crippen LogP contribution in [0.4, 0.5) is 5.69 Å². The van der Waals surface area contributed by atoms with Crippen molar-refractivity contribution in [2.24, 2.45) is 0 Å². The van der Waals surface area contributed by atoms with Gasteiger partial charge >= 0.3 is 0 Å². The van der Waals surface area contributed by atoms with Gasteiger partial charge in [0, 0.05) is 30.2 Å². The van der Waals surface area contributed by atoms with E-state index in [1.807, 2.05) is 35.1 Å². The zero-order valence-corrected chi connectivity index (χ0v) is 10.5. The van der Waals surface area contributed by atoms with Crippen molar-refractivity contribution in [3.63, 3.8) is 0 Å². The van der Waals surface area contributed by atoms with E-state index in [1.165, 1.54) is 5.56 Å². The molecular weight excluding hydrogens is 238 g/mol. The Kier molecular flexibility index (Phi) is 3.32. The molecule has 0 unspecified atom stereocenters. The SMILES string of the molecule is c1ccc(NCc2ccoc2)c(Cn2cccn2)c1. The average Bonchev–Trinajstić information content (AvgIpc) is 3.10. The Morgan fingerprint density at radius 1 is 1.16 bits per heavy atom. The van der Waals surface area contributed by atoms with Crippen LogP contribution in [-0.4, -0.2) is 9.78 Å². The van der Waals surface area contributed by atoms with Gasteiger partial charge in [-0.2, -0.15) is 5.10 Å². The highest BCUT2D eigenvalue weighted by molar-refractivity contribution is 5.51. The average molecular weight is 253 g/mol. The zero-order chi connectivity index (χ0) is 12.9. The number of aromatic nitrogens is 2. The van der Waals surface area contributed by atoms with E-state index in [0.29, 0.717) is 0 Å². The third-order valence-electron chi connectivity index (χ3n) is 2.97. The Hall–Kier alpha value is -2.49. The second kappa shape index (κ2) is 5.44. The van der Waals surface area contributed by atoms with E-state index in [9.17, 15) is 0 Å². The van der Waals surface area contributed by atoms with E-state index in [4.69, 9.17) is 4.42 Å². The van der Waals surface area contributed by atoms with E-state index in [2.05, 4.69) is 22.5 Å². The number of furan rings is 1. The van der Waals surface area contributed by atoms with Gasteiger partial charge in [0.2, 0.25) is 0 Å². The van der Waals surface area contributed by atoms with Crippen LogP contribution in [0.3, 0.4) is 0 Å². The molecule has 3 aromatic rings. The van der Waals surface area contributed by atoms with Crippen LogP contribution in [0.15, 0.2) is 65.7 Å². The van der Waals surface area contributed by atoms with Gasteiger partial charge in [-0.15, -0.1) is 0 Å². The summed E-state index contributed by atoms with van der Waals surface area (Å²) in [4.78, 5) is 0. The summed E-state index contributed by atoms with van der Waals surface area (Å²) in [7, 11) is 0. The van der Waals surface area contributed by atoms with Crippen molar-refractivity contribution < 1.29 is 4.42 Å². The molecule has 0 amide bonds. The zero-order valence-electron chi connectivity index (χ0n) is 10.5. The maximum absolute atomic E-state index is 5.06. The van der Waals surface area contributed by atoms with Gasteiger partial charge in [0.1, 0.15) is 0 Å². The van der Waals surface area contributed by atoms with Crippen molar-refractivity contribution in [1.82, 2.24) is 9.78 Å². The van der Waals surface area contributed by atoms with E-state index in [0.717, 1.165) is 24.3 Å². The van der Waals surface area contributed by atoms with Crippen LogP contribution in [0.1, 0.15) is 11.1 Å². The molecule has 19 heavy (non-hydrogen) atoms. The number of nitrogens with one attached hydrogen (secondary N) is 1. The predicted molar refractivity (Wildman–Crippen MR) is 73.8 cm³/mol. The van der Waals surface area contributed by atoms with E-state index >= 15 is 0 Å². The first-order valence-electron chi connectivity index (χ1n) is 6.22. The first-order chi connectivity index (χ1) is 9.42. The standard InChI is InChI=1S/C15H15N3O/c1-2-5-15(16-10-13-6-9-19-12-13)14(4-1)11-18-8-3-7-17-18/h1-9,12,16H,10-11H2. The second-order valence-electron chi connectivity index (χ2n) is 4.35. The molecule has 3 rings (SSSR count). The number of hydrogen-bond donors (Lipinski definition) is 1. The number of hydrogen-bond acceptors (Lipinski definition) is 3. The molecule has 0 saturated heterocycles. The highest BCUT2D eigenvalue weighted by atomic mass is 16.3. The summed E-state index contributed by atoms with van der Waals surface area (Å²) in [5.41, 5.74) is 3.47. The number of rotatable bonds is 5. The Bertz CT molecular complexity index is 615. The predicted octanol–water partition coefficient (Wildman–Crippen LogP) is 3.14. The van der Waals surface area contributed by atoms with Gasteiger partial charge in [-0.1, -0.05) is 18.2 Å². The van der Waals surface area contributed by atoms with Crippen molar-refractivity contribution in [2.45, 2.75) is 13.1 Å². The lowest BCUT2D eigenvalue weighted by Crippen LogP contribution is -2.05. The highest BCUT2D eigenvalue weighted by Crippen LogP contribution is 2.17. The molecule has 2 aromatic heterocycles. The fourth-order valence-electron chi connectivity index (χ4n) is 1.99. The van der Waals surface area contributed by atoms with Crippen molar-refractivity contribution >= 4 is 5.69 Å². The van der Waals surface area contributed by atoms with Crippen LogP contribution in [0.2, 0.25) is 0 Å². The van der Waals surface area contributed by atoms with E-state index in [-0.39, 0.29) is 0 Å². The summed E-state index contributed by atoms with van der Waals surface area (Å²) < 4.78 is 6.98. The first-order valence-corrected chi connectivity index (χ1v) is 6.22. The molecule has 4 nitrogen and oxygen atoms in total. The number of anilines is 1. The van der Waals surface area contributed by atoms with Gasteiger partial charge in [-0.05, 0) is 23.8 Å². The van der Waals surface area contributed by atoms with Crippen molar-refractivity contribution in [3.05, 3.63) is 72.4 Å². The summed E-state index contributed by atoms with van der Waals surface area (Å²) in [5.74, 6) is 0. The molecule has 0 saturated carbocycles. The number of nitrogens with zero attached hydrogens (tertiary/aromatic N) is 2. The summed E-state index contributed by atoms with van der Waals surface area (Å²) in [5, 5.41) is 7.66. The van der Waals surface area contributed by atoms with E-state index in [1.54, 1.807) is 18.7 Å². The monoisotopic (exact) mass is 253 g/mol. The molecular formula is C15H15N3O. The van der Waals surface area contributed by atoms with Crippen LogP contribution in [0.5, 0.6) is 0 Å². The molecule has 0 bridgehead atoms. The first kappa shape index (κ1) is 11.6. The minimum Gasteiger partial charge on any atom is -0.472 e. The van der Waals surface area contributed by atoms with Crippen molar-refractivity contribution in [3.8, 4) is 0 Å². The molecule has 96 valence electrons. The van der Waals surface area contributed by atoms with Gasteiger partial charge in [-0.3, -0.25) is 4.68 Å². The lowest BCUT2D eigenvalue weighted by molar-refractivity contribution is 0.564. The maximum atomic E-state index is 5.06. The fourth-order valence-corrected chi connectivity index (χ4v) is 1.99. The highest BCUT2D eigenvalue weighted by Gasteiger charge is 2.03. The molecule has 4 heteroatoms. The minimum absolute atomic E-state index is 0.757. The third kappa shape index (κ3) is 2.85. The quantitative estimate of drug-likeness (QED) is 0.759. The maximum Gasteiger partial charge on any atom is 0.0952 e. The normalized spacial score (nSPS) is 10.5. The molecule has 1 N–H and O–H groups in total. The minimum atomic E-state index is 0.757. The molecule has 0 fully saturated rings. The van der Waals surface area contributed by atoms with Crippen LogP contribution >= 0.6 is 0 Å². The largest absolute Gasteiger partial charge is 0.472 e. The Morgan fingerprint density at radius 2 is 2.11 bits per heavy atom. The Labute approximate surface area is 111 Å². The van der Waals surface area contributed by atoms with Crippen molar-refractivity contribution in [1.29, 1.82) is 0 Å². The summed E-state index contributed by atoms with van der Waals surface area (Å²) in [6.07, 6.45) is 7.20. The molecule has 0 atom stereocenters. The van der Waals surface area contributed by atoms with Crippen LogP contribution in [0.25, 0.3) is 0 Å². The van der Waals surface area contributed by atoms with Gasteiger partial charge < -0.3 is 9.73 Å². The molecule has 1 aromatic carbocycles. The smallest absolute Gasteiger partial charge is 0.0952 e. The van der Waals surface area contributed by atoms with Gasteiger partial charge in [0.15, 0.2) is 0 Å². The van der Waals surface area contributed by atoms with Crippen molar-refractivity contribution in [2.75, 3.05) is 5.32 Å². The van der Waals surface area contributed by atoms with Crippen LogP contribution < -0.4 is 5.32 Å². The molecule has 0 aliphatic heterocycles. The summed E-state index contributed by atoms with van der Waals surface area (Å²) in [6, 6.07) is 12.2. The molecule has 0 aliphatic carbocycles. The fraction of sp³-hybridized carbons (Fsp3) is 0.133. The number of para-hydroxylation sites is 1. The molecule has 0 spiro atoms.